The number of carbonyl (C=O) groups is 1. The number of halogens is 1. The number of fused-ring (bicyclic) bond motifs is 1. The zero-order chi connectivity index (χ0) is 11.0. The summed E-state index contributed by atoms with van der Waals surface area (Å²) in [6.45, 7) is 2.12. The molecule has 2 atom stereocenters. The van der Waals surface area contributed by atoms with Crippen LogP contribution in [0.2, 0.25) is 0 Å². The van der Waals surface area contributed by atoms with E-state index < -0.39 is 0 Å². The van der Waals surface area contributed by atoms with Gasteiger partial charge in [-0.2, -0.15) is 0 Å². The molecule has 2 unspecified atom stereocenters. The summed E-state index contributed by atoms with van der Waals surface area (Å²) in [6, 6.07) is 0.441. The first-order valence-corrected chi connectivity index (χ1v) is 6.87. The normalized spacial score (nSPS) is 36.6. The Kier molecular flexibility index (Phi) is 4.31. The van der Waals surface area contributed by atoms with E-state index in [1.54, 1.807) is 0 Å². The van der Waals surface area contributed by atoms with Gasteiger partial charge in [0.2, 0.25) is 5.91 Å². The molecule has 1 amide bonds. The first-order chi connectivity index (χ1) is 7.86. The van der Waals surface area contributed by atoms with Gasteiger partial charge >= 0.3 is 0 Å². The average Bonchev–Trinajstić information content (AvgIpc) is 3.04. The first-order valence-electron chi connectivity index (χ1n) is 6.87. The summed E-state index contributed by atoms with van der Waals surface area (Å²) in [4.78, 5) is 12.1. The van der Waals surface area contributed by atoms with Crippen molar-refractivity contribution in [1.29, 1.82) is 0 Å². The SMILES string of the molecule is Cl.O=C(NC1CCNCC1)C1C2CCCCC21. The Bertz CT molecular complexity index is 267. The van der Waals surface area contributed by atoms with Gasteiger partial charge in [-0.25, -0.2) is 0 Å². The number of amides is 1. The number of hydrogen-bond acceptors (Lipinski definition) is 2. The summed E-state index contributed by atoms with van der Waals surface area (Å²) in [5.41, 5.74) is 0. The van der Waals surface area contributed by atoms with Crippen LogP contribution >= 0.6 is 12.4 Å². The monoisotopic (exact) mass is 258 g/mol. The molecule has 2 saturated carbocycles. The third kappa shape index (κ3) is 2.76. The maximum Gasteiger partial charge on any atom is 0.223 e. The second-order valence-electron chi connectivity index (χ2n) is 5.67. The van der Waals surface area contributed by atoms with E-state index >= 15 is 0 Å². The van der Waals surface area contributed by atoms with Crippen LogP contribution in [0.5, 0.6) is 0 Å². The van der Waals surface area contributed by atoms with Gasteiger partial charge in [0.05, 0.1) is 0 Å². The van der Waals surface area contributed by atoms with E-state index in [1.165, 1.54) is 25.7 Å². The third-order valence-corrected chi connectivity index (χ3v) is 4.64. The summed E-state index contributed by atoms with van der Waals surface area (Å²) in [5.74, 6) is 2.24. The van der Waals surface area contributed by atoms with Crippen molar-refractivity contribution < 1.29 is 4.79 Å². The Morgan fingerprint density at radius 2 is 1.59 bits per heavy atom. The number of rotatable bonds is 2. The van der Waals surface area contributed by atoms with E-state index in [9.17, 15) is 4.79 Å². The van der Waals surface area contributed by atoms with Crippen molar-refractivity contribution in [3.05, 3.63) is 0 Å². The maximum atomic E-state index is 12.1. The minimum absolute atomic E-state index is 0. The van der Waals surface area contributed by atoms with Crippen molar-refractivity contribution in [1.82, 2.24) is 10.6 Å². The van der Waals surface area contributed by atoms with Crippen LogP contribution < -0.4 is 10.6 Å². The van der Waals surface area contributed by atoms with Crippen LogP contribution in [-0.2, 0) is 4.79 Å². The Morgan fingerprint density at radius 1 is 1.00 bits per heavy atom. The highest BCUT2D eigenvalue weighted by Crippen LogP contribution is 2.55. The van der Waals surface area contributed by atoms with Gasteiger partial charge in [0.25, 0.3) is 0 Å². The number of nitrogens with one attached hydrogen (secondary N) is 2. The van der Waals surface area contributed by atoms with Gasteiger partial charge in [-0.15, -0.1) is 12.4 Å². The molecule has 1 aliphatic heterocycles. The van der Waals surface area contributed by atoms with Crippen LogP contribution in [-0.4, -0.2) is 25.0 Å². The molecule has 3 fully saturated rings. The summed E-state index contributed by atoms with van der Waals surface area (Å²) < 4.78 is 0. The quantitative estimate of drug-likeness (QED) is 0.792. The van der Waals surface area contributed by atoms with Gasteiger partial charge in [0, 0.05) is 12.0 Å². The first kappa shape index (κ1) is 13.2. The van der Waals surface area contributed by atoms with E-state index in [4.69, 9.17) is 0 Å². The second-order valence-corrected chi connectivity index (χ2v) is 5.67. The molecular weight excluding hydrogens is 236 g/mol. The van der Waals surface area contributed by atoms with Crippen LogP contribution in [0.4, 0.5) is 0 Å². The molecule has 0 bridgehead atoms. The fourth-order valence-corrected chi connectivity index (χ4v) is 3.64. The Labute approximate surface area is 110 Å². The highest BCUT2D eigenvalue weighted by atomic mass is 35.5. The number of carbonyl (C=O) groups excluding carboxylic acids is 1. The van der Waals surface area contributed by atoms with Gasteiger partial charge in [-0.05, 0) is 50.6 Å². The third-order valence-electron chi connectivity index (χ3n) is 4.64. The average molecular weight is 259 g/mol. The van der Waals surface area contributed by atoms with Gasteiger partial charge in [-0.3, -0.25) is 4.79 Å². The minimum atomic E-state index is 0. The van der Waals surface area contributed by atoms with E-state index in [0.29, 0.717) is 17.9 Å². The standard InChI is InChI=1S/C13H22N2O.ClH/c16-13(15-9-5-7-14-8-6-9)12-10-3-1-2-4-11(10)12;/h9-12,14H,1-8H2,(H,15,16);1H. The second kappa shape index (κ2) is 5.57. The summed E-state index contributed by atoms with van der Waals surface area (Å²) in [7, 11) is 0. The highest BCUT2D eigenvalue weighted by Gasteiger charge is 2.54. The molecule has 0 radical (unpaired) electrons. The van der Waals surface area contributed by atoms with Crippen molar-refractivity contribution in [3.8, 4) is 0 Å². The number of piperidine rings is 1. The molecule has 1 saturated heterocycles. The van der Waals surface area contributed by atoms with Gasteiger partial charge in [0.1, 0.15) is 0 Å². The lowest BCUT2D eigenvalue weighted by molar-refractivity contribution is -0.123. The lowest BCUT2D eigenvalue weighted by atomic mass is 10.0. The zero-order valence-corrected chi connectivity index (χ0v) is 11.1. The van der Waals surface area contributed by atoms with Gasteiger partial charge < -0.3 is 10.6 Å². The predicted octanol–water partition coefficient (Wildman–Crippen LogP) is 1.71. The largest absolute Gasteiger partial charge is 0.353 e. The molecule has 4 heteroatoms. The highest BCUT2D eigenvalue weighted by molar-refractivity contribution is 5.85. The van der Waals surface area contributed by atoms with Gasteiger partial charge in [0.15, 0.2) is 0 Å². The molecule has 0 spiro atoms. The fourth-order valence-electron chi connectivity index (χ4n) is 3.64. The molecule has 3 nitrogen and oxygen atoms in total. The van der Waals surface area contributed by atoms with Crippen molar-refractivity contribution in [2.45, 2.75) is 44.6 Å². The van der Waals surface area contributed by atoms with Crippen LogP contribution in [0.25, 0.3) is 0 Å². The van der Waals surface area contributed by atoms with E-state index in [1.807, 2.05) is 0 Å². The molecule has 1 heterocycles. The number of hydrogen-bond donors (Lipinski definition) is 2. The molecule has 0 aromatic carbocycles. The van der Waals surface area contributed by atoms with Crippen molar-refractivity contribution >= 4 is 18.3 Å². The molecule has 2 N–H and O–H groups in total. The summed E-state index contributed by atoms with van der Waals surface area (Å²) >= 11 is 0. The minimum Gasteiger partial charge on any atom is -0.353 e. The topological polar surface area (TPSA) is 41.1 Å². The smallest absolute Gasteiger partial charge is 0.223 e. The van der Waals surface area contributed by atoms with E-state index in [2.05, 4.69) is 10.6 Å². The van der Waals surface area contributed by atoms with Crippen LogP contribution in [0, 0.1) is 17.8 Å². The summed E-state index contributed by atoms with van der Waals surface area (Å²) in [5, 5.41) is 6.59. The van der Waals surface area contributed by atoms with Crippen LogP contribution in [0.1, 0.15) is 38.5 Å². The Balaban J connectivity index is 0.00000108. The maximum absolute atomic E-state index is 12.1. The van der Waals surface area contributed by atoms with Crippen LogP contribution in [0.15, 0.2) is 0 Å². The van der Waals surface area contributed by atoms with Crippen LogP contribution in [0.3, 0.4) is 0 Å². The molecule has 17 heavy (non-hydrogen) atoms. The molecule has 3 rings (SSSR count). The fraction of sp³-hybridized carbons (Fsp3) is 0.923. The van der Waals surface area contributed by atoms with Crippen molar-refractivity contribution in [2.24, 2.45) is 17.8 Å². The zero-order valence-electron chi connectivity index (χ0n) is 10.3. The molecular formula is C13H23ClN2O. The molecule has 98 valence electrons. The molecule has 3 aliphatic rings. The lowest BCUT2D eigenvalue weighted by Crippen LogP contribution is -2.43. The van der Waals surface area contributed by atoms with Gasteiger partial charge in [-0.1, -0.05) is 12.8 Å². The van der Waals surface area contributed by atoms with E-state index in [-0.39, 0.29) is 12.4 Å². The van der Waals surface area contributed by atoms with E-state index in [0.717, 1.165) is 37.8 Å². The molecule has 0 aromatic heterocycles. The molecule has 2 aliphatic carbocycles. The molecule has 0 aromatic rings. The Hall–Kier alpha value is -0.280. The van der Waals surface area contributed by atoms with Crippen molar-refractivity contribution in [2.75, 3.05) is 13.1 Å². The Morgan fingerprint density at radius 3 is 2.18 bits per heavy atom. The van der Waals surface area contributed by atoms with Crippen molar-refractivity contribution in [3.63, 3.8) is 0 Å². The predicted molar refractivity (Wildman–Crippen MR) is 70.2 cm³/mol. The summed E-state index contributed by atoms with van der Waals surface area (Å²) in [6.07, 6.45) is 7.50. The lowest BCUT2D eigenvalue weighted by Gasteiger charge is -2.23.